The lowest BCUT2D eigenvalue weighted by molar-refractivity contribution is -0.121. The highest BCUT2D eigenvalue weighted by Gasteiger charge is 2.44. The Hall–Kier alpha value is -2.76. The summed E-state index contributed by atoms with van der Waals surface area (Å²) in [5.41, 5.74) is -0.117. The normalized spacial score (nSPS) is 18.0. The summed E-state index contributed by atoms with van der Waals surface area (Å²) < 4.78 is 57.8. The van der Waals surface area contributed by atoms with Gasteiger partial charge in [-0.3, -0.25) is 4.79 Å². The number of benzene rings is 1. The van der Waals surface area contributed by atoms with E-state index in [1.165, 1.54) is 12.1 Å². The van der Waals surface area contributed by atoms with Gasteiger partial charge in [0.2, 0.25) is 5.91 Å². The highest BCUT2D eigenvalue weighted by atomic mass is 19.3. The number of methoxy groups -OCH3 is 1. The van der Waals surface area contributed by atoms with Crippen molar-refractivity contribution in [3.8, 4) is 0 Å². The summed E-state index contributed by atoms with van der Waals surface area (Å²) in [4.78, 5) is 21.8. The van der Waals surface area contributed by atoms with Gasteiger partial charge in [0.25, 0.3) is 6.43 Å². The molecule has 2 fully saturated rings. The van der Waals surface area contributed by atoms with Crippen LogP contribution in [0.2, 0.25) is 0 Å². The van der Waals surface area contributed by atoms with Crippen molar-refractivity contribution in [1.82, 2.24) is 15.3 Å². The zero-order valence-corrected chi connectivity index (χ0v) is 19.9. The molecule has 1 aromatic carbocycles. The van der Waals surface area contributed by atoms with Crippen molar-refractivity contribution < 1.29 is 32.2 Å². The van der Waals surface area contributed by atoms with E-state index in [-0.39, 0.29) is 23.4 Å². The minimum absolute atomic E-state index is 0.0499. The molecular weight excluding hydrogens is 465 g/mol. The standard InChI is InChI=1S/C24H29F3N4O4/c1-13(15-5-4-6-16(20(15)25)21(26)27)28-22-19(23-34-9-10-35-23)17(29-14(2)30-22)11-18(32)31-24(7-8-24)12-33-3/h4-6,13,21,23H,7-12H2,1-3H3,(H,31,32)(H,28,29,30). The molecule has 1 saturated carbocycles. The lowest BCUT2D eigenvalue weighted by Crippen LogP contribution is -2.41. The van der Waals surface area contributed by atoms with Crippen LogP contribution in [0.15, 0.2) is 18.2 Å². The van der Waals surface area contributed by atoms with Crippen molar-refractivity contribution in [2.75, 3.05) is 32.2 Å². The Kier molecular flexibility index (Phi) is 7.58. The molecule has 0 bridgehead atoms. The van der Waals surface area contributed by atoms with Crippen molar-refractivity contribution in [3.63, 3.8) is 0 Å². The van der Waals surface area contributed by atoms with E-state index in [0.29, 0.717) is 42.7 Å². The van der Waals surface area contributed by atoms with E-state index >= 15 is 0 Å². The number of carbonyl (C=O) groups excluding carboxylic acids is 1. The second-order valence-electron chi connectivity index (χ2n) is 8.91. The first-order valence-corrected chi connectivity index (χ1v) is 11.5. The van der Waals surface area contributed by atoms with Gasteiger partial charge < -0.3 is 24.8 Å². The number of aromatic nitrogens is 2. The molecule has 190 valence electrons. The molecule has 2 aliphatic rings. The van der Waals surface area contributed by atoms with Crippen LogP contribution in [0.1, 0.15) is 66.7 Å². The van der Waals surface area contributed by atoms with Gasteiger partial charge in [-0.25, -0.2) is 23.1 Å². The maximum atomic E-state index is 14.8. The van der Waals surface area contributed by atoms with Gasteiger partial charge in [0.15, 0.2) is 6.29 Å². The molecule has 1 amide bonds. The summed E-state index contributed by atoms with van der Waals surface area (Å²) >= 11 is 0. The third-order valence-electron chi connectivity index (χ3n) is 6.11. The molecule has 1 aliphatic heterocycles. The van der Waals surface area contributed by atoms with Crippen LogP contribution in [0.4, 0.5) is 19.0 Å². The molecule has 8 nitrogen and oxygen atoms in total. The fourth-order valence-electron chi connectivity index (χ4n) is 4.24. The summed E-state index contributed by atoms with van der Waals surface area (Å²) in [5.74, 6) is -0.536. The molecule has 2 heterocycles. The molecule has 1 atom stereocenters. The summed E-state index contributed by atoms with van der Waals surface area (Å²) in [6.45, 7) is 4.43. The van der Waals surface area contributed by atoms with Gasteiger partial charge in [-0.05, 0) is 26.7 Å². The number of halogens is 3. The Morgan fingerprint density at radius 2 is 1.91 bits per heavy atom. The fourth-order valence-corrected chi connectivity index (χ4v) is 4.24. The van der Waals surface area contributed by atoms with E-state index in [2.05, 4.69) is 20.6 Å². The molecular formula is C24H29F3N4O4. The van der Waals surface area contributed by atoms with E-state index in [1.807, 2.05) is 0 Å². The first-order chi connectivity index (χ1) is 16.7. The predicted molar refractivity (Wildman–Crippen MR) is 120 cm³/mol. The molecule has 2 N–H and O–H groups in total. The first kappa shape index (κ1) is 25.3. The number of nitrogens with one attached hydrogen (secondary N) is 2. The van der Waals surface area contributed by atoms with Crippen LogP contribution in [0.3, 0.4) is 0 Å². The van der Waals surface area contributed by atoms with Gasteiger partial charge in [-0.15, -0.1) is 0 Å². The number of alkyl halides is 2. The van der Waals surface area contributed by atoms with Gasteiger partial charge in [-0.1, -0.05) is 18.2 Å². The average Bonchev–Trinajstić information content (AvgIpc) is 3.31. The van der Waals surface area contributed by atoms with E-state index < -0.39 is 30.1 Å². The van der Waals surface area contributed by atoms with Crippen LogP contribution in [-0.4, -0.2) is 48.3 Å². The number of ether oxygens (including phenoxy) is 3. The summed E-state index contributed by atoms with van der Waals surface area (Å²) in [5, 5.41) is 6.12. The van der Waals surface area contributed by atoms with Crippen LogP contribution < -0.4 is 10.6 Å². The minimum atomic E-state index is -2.93. The van der Waals surface area contributed by atoms with Crippen molar-refractivity contribution in [1.29, 1.82) is 0 Å². The van der Waals surface area contributed by atoms with Crippen molar-refractivity contribution >= 4 is 11.7 Å². The molecule has 0 spiro atoms. The highest BCUT2D eigenvalue weighted by molar-refractivity contribution is 5.80. The lowest BCUT2D eigenvalue weighted by atomic mass is 10.0. The van der Waals surface area contributed by atoms with Crippen LogP contribution in [0, 0.1) is 12.7 Å². The molecule has 1 aromatic heterocycles. The fraction of sp³-hybridized carbons (Fsp3) is 0.542. The topological polar surface area (TPSA) is 94.6 Å². The van der Waals surface area contributed by atoms with Crippen molar-refractivity contribution in [3.05, 3.63) is 52.2 Å². The van der Waals surface area contributed by atoms with Crippen LogP contribution in [-0.2, 0) is 25.4 Å². The smallest absolute Gasteiger partial charge is 0.266 e. The Labute approximate surface area is 201 Å². The first-order valence-electron chi connectivity index (χ1n) is 11.5. The molecule has 11 heteroatoms. The zero-order valence-electron chi connectivity index (χ0n) is 19.9. The molecule has 1 unspecified atom stereocenters. The second kappa shape index (κ2) is 10.5. The van der Waals surface area contributed by atoms with Crippen LogP contribution >= 0.6 is 0 Å². The number of anilines is 1. The number of aryl methyl sites for hydroxylation is 1. The largest absolute Gasteiger partial charge is 0.382 e. The highest BCUT2D eigenvalue weighted by Crippen LogP contribution is 2.37. The van der Waals surface area contributed by atoms with E-state index in [0.717, 1.165) is 18.9 Å². The monoisotopic (exact) mass is 494 g/mol. The maximum absolute atomic E-state index is 14.8. The van der Waals surface area contributed by atoms with E-state index in [9.17, 15) is 18.0 Å². The Morgan fingerprint density at radius 1 is 1.23 bits per heavy atom. The Bertz CT molecular complexity index is 1070. The SMILES string of the molecule is COCC1(NC(=O)Cc2nc(C)nc(NC(C)c3cccc(C(F)F)c3F)c2C2OCCO2)CC1. The number of carbonyl (C=O) groups is 1. The Morgan fingerprint density at radius 3 is 2.54 bits per heavy atom. The van der Waals surface area contributed by atoms with Gasteiger partial charge in [0.1, 0.15) is 17.5 Å². The number of hydrogen-bond donors (Lipinski definition) is 2. The average molecular weight is 495 g/mol. The number of rotatable bonds is 10. The summed E-state index contributed by atoms with van der Waals surface area (Å²) in [6.07, 6.45) is -2.13. The second-order valence-corrected chi connectivity index (χ2v) is 8.91. The van der Waals surface area contributed by atoms with Crippen molar-refractivity contribution in [2.45, 2.75) is 57.4 Å². The predicted octanol–water partition coefficient (Wildman–Crippen LogP) is 3.92. The number of hydrogen-bond acceptors (Lipinski definition) is 7. The number of nitrogens with zero attached hydrogens (tertiary/aromatic N) is 2. The van der Waals surface area contributed by atoms with Gasteiger partial charge in [0, 0.05) is 12.7 Å². The summed E-state index contributed by atoms with van der Waals surface area (Å²) in [7, 11) is 1.59. The Balaban J connectivity index is 1.63. The maximum Gasteiger partial charge on any atom is 0.266 e. The van der Waals surface area contributed by atoms with Crippen molar-refractivity contribution in [2.24, 2.45) is 0 Å². The van der Waals surface area contributed by atoms with Gasteiger partial charge in [0.05, 0.1) is 54.6 Å². The minimum Gasteiger partial charge on any atom is -0.382 e. The molecule has 4 rings (SSSR count). The third kappa shape index (κ3) is 5.74. The van der Waals surface area contributed by atoms with E-state index in [1.54, 1.807) is 21.0 Å². The third-order valence-corrected chi connectivity index (χ3v) is 6.11. The molecule has 35 heavy (non-hydrogen) atoms. The molecule has 0 radical (unpaired) electrons. The van der Waals surface area contributed by atoms with Gasteiger partial charge in [-0.2, -0.15) is 0 Å². The number of amides is 1. The quantitative estimate of drug-likeness (QED) is 0.517. The summed E-state index contributed by atoms with van der Waals surface area (Å²) in [6, 6.07) is 3.16. The zero-order chi connectivity index (χ0) is 25.2. The van der Waals surface area contributed by atoms with Crippen LogP contribution in [0.25, 0.3) is 0 Å². The van der Waals surface area contributed by atoms with Crippen LogP contribution in [0.5, 0.6) is 0 Å². The lowest BCUT2D eigenvalue weighted by Gasteiger charge is -2.23. The molecule has 1 saturated heterocycles. The molecule has 2 aromatic rings. The molecule has 1 aliphatic carbocycles. The van der Waals surface area contributed by atoms with E-state index in [4.69, 9.17) is 14.2 Å². The van der Waals surface area contributed by atoms with Gasteiger partial charge >= 0.3 is 0 Å².